The van der Waals surface area contributed by atoms with Gasteiger partial charge in [-0.1, -0.05) is 6.07 Å². The van der Waals surface area contributed by atoms with Crippen LogP contribution in [0.25, 0.3) is 0 Å². The topological polar surface area (TPSA) is 86.5 Å². The van der Waals surface area contributed by atoms with Gasteiger partial charge in [-0.3, -0.25) is 4.98 Å². The quantitative estimate of drug-likeness (QED) is 0.864. The number of rotatable bonds is 5. The van der Waals surface area contributed by atoms with Crippen molar-refractivity contribution in [3.63, 3.8) is 0 Å². The summed E-state index contributed by atoms with van der Waals surface area (Å²) in [5.41, 5.74) is 0.396. The van der Waals surface area contributed by atoms with Crippen LogP contribution in [0.1, 0.15) is 19.4 Å². The maximum Gasteiger partial charge on any atom is 0.132 e. The van der Waals surface area contributed by atoms with Crippen LogP contribution in [0, 0.1) is 11.3 Å². The van der Waals surface area contributed by atoms with Gasteiger partial charge in [-0.25, -0.2) is 9.97 Å². The molecule has 0 fully saturated rings. The molecular weight excluding hydrogens is 252 g/mol. The Balaban J connectivity index is 2.02. The normalized spacial score (nSPS) is 10.7. The Bertz CT molecular complexity index is 603. The Hall–Kier alpha value is -2.68. The number of nitrogens with zero attached hydrogens (tertiary/aromatic N) is 4. The summed E-state index contributed by atoms with van der Waals surface area (Å²) in [4.78, 5) is 12.3. The van der Waals surface area contributed by atoms with Gasteiger partial charge in [0.05, 0.1) is 6.07 Å². The molecule has 0 aliphatic carbocycles. The fraction of sp³-hybridized carbons (Fsp3) is 0.286. The average Bonchev–Trinajstić information content (AvgIpc) is 2.46. The molecule has 6 nitrogen and oxygen atoms in total. The lowest BCUT2D eigenvalue weighted by Gasteiger charge is -2.18. The van der Waals surface area contributed by atoms with Crippen molar-refractivity contribution < 1.29 is 0 Å². The SMILES string of the molecule is CC(C)(C#N)Nc1cc(NCc2cccnc2)ncn1. The molecule has 2 aromatic rings. The van der Waals surface area contributed by atoms with E-state index in [2.05, 4.69) is 31.7 Å². The van der Waals surface area contributed by atoms with E-state index in [1.54, 1.807) is 32.3 Å². The van der Waals surface area contributed by atoms with Crippen molar-refractivity contribution in [2.75, 3.05) is 10.6 Å². The van der Waals surface area contributed by atoms with Crippen molar-refractivity contribution in [2.24, 2.45) is 0 Å². The second kappa shape index (κ2) is 5.97. The molecule has 20 heavy (non-hydrogen) atoms. The summed E-state index contributed by atoms with van der Waals surface area (Å²) in [6, 6.07) is 7.81. The first kappa shape index (κ1) is 13.7. The lowest BCUT2D eigenvalue weighted by atomic mass is 10.1. The molecule has 2 N–H and O–H groups in total. The van der Waals surface area contributed by atoms with Crippen LogP contribution >= 0.6 is 0 Å². The van der Waals surface area contributed by atoms with Crippen LogP contribution < -0.4 is 10.6 Å². The highest BCUT2D eigenvalue weighted by Gasteiger charge is 2.16. The summed E-state index contributed by atoms with van der Waals surface area (Å²) in [7, 11) is 0. The van der Waals surface area contributed by atoms with Crippen LogP contribution in [-0.4, -0.2) is 20.5 Å². The van der Waals surface area contributed by atoms with E-state index < -0.39 is 5.54 Å². The lowest BCUT2D eigenvalue weighted by molar-refractivity contribution is 0.723. The number of anilines is 2. The van der Waals surface area contributed by atoms with E-state index in [0.29, 0.717) is 18.2 Å². The molecule has 2 aromatic heterocycles. The maximum atomic E-state index is 9.00. The predicted molar refractivity (Wildman–Crippen MR) is 76.9 cm³/mol. The van der Waals surface area contributed by atoms with Crippen LogP contribution in [-0.2, 0) is 6.54 Å². The molecule has 2 rings (SSSR count). The highest BCUT2D eigenvalue weighted by atomic mass is 15.1. The molecule has 0 atom stereocenters. The van der Waals surface area contributed by atoms with Gasteiger partial charge >= 0.3 is 0 Å². The van der Waals surface area contributed by atoms with Crippen molar-refractivity contribution >= 4 is 11.6 Å². The highest BCUT2D eigenvalue weighted by Crippen LogP contribution is 2.14. The maximum absolute atomic E-state index is 9.00. The van der Waals surface area contributed by atoms with E-state index in [0.717, 1.165) is 5.56 Å². The Labute approximate surface area is 117 Å². The van der Waals surface area contributed by atoms with E-state index >= 15 is 0 Å². The summed E-state index contributed by atoms with van der Waals surface area (Å²) >= 11 is 0. The molecule has 0 radical (unpaired) electrons. The second-order valence-electron chi connectivity index (χ2n) is 4.87. The molecule has 0 saturated heterocycles. The van der Waals surface area contributed by atoms with Gasteiger partial charge in [0.1, 0.15) is 23.5 Å². The molecule has 0 amide bonds. The first-order chi connectivity index (χ1) is 9.59. The van der Waals surface area contributed by atoms with Crippen LogP contribution in [0.5, 0.6) is 0 Å². The minimum atomic E-state index is -0.672. The van der Waals surface area contributed by atoms with E-state index in [1.807, 2.05) is 12.1 Å². The van der Waals surface area contributed by atoms with E-state index in [9.17, 15) is 0 Å². The number of nitrogens with one attached hydrogen (secondary N) is 2. The van der Waals surface area contributed by atoms with Crippen molar-refractivity contribution in [3.05, 3.63) is 42.5 Å². The van der Waals surface area contributed by atoms with Crippen LogP contribution in [0.4, 0.5) is 11.6 Å². The Morgan fingerprint density at radius 1 is 1.30 bits per heavy atom. The molecule has 0 aliphatic rings. The molecule has 6 heteroatoms. The third-order valence-electron chi connectivity index (χ3n) is 2.58. The van der Waals surface area contributed by atoms with Crippen molar-refractivity contribution in [3.8, 4) is 6.07 Å². The number of nitriles is 1. The van der Waals surface area contributed by atoms with E-state index in [-0.39, 0.29) is 0 Å². The van der Waals surface area contributed by atoms with Gasteiger partial charge in [0.15, 0.2) is 0 Å². The molecule has 0 aliphatic heterocycles. The Morgan fingerprint density at radius 2 is 2.10 bits per heavy atom. The predicted octanol–water partition coefficient (Wildman–Crippen LogP) is 2.20. The minimum Gasteiger partial charge on any atom is -0.366 e. The van der Waals surface area contributed by atoms with Crippen LogP contribution in [0.15, 0.2) is 36.9 Å². The average molecular weight is 268 g/mol. The first-order valence-corrected chi connectivity index (χ1v) is 6.23. The summed E-state index contributed by atoms with van der Waals surface area (Å²) in [5, 5.41) is 15.2. The largest absolute Gasteiger partial charge is 0.366 e. The zero-order valence-corrected chi connectivity index (χ0v) is 11.5. The molecule has 0 bridgehead atoms. The van der Waals surface area contributed by atoms with Crippen molar-refractivity contribution in [1.29, 1.82) is 5.26 Å². The van der Waals surface area contributed by atoms with Gasteiger partial charge in [0.2, 0.25) is 0 Å². The van der Waals surface area contributed by atoms with Gasteiger partial charge in [-0.15, -0.1) is 0 Å². The van der Waals surface area contributed by atoms with E-state index in [4.69, 9.17) is 5.26 Å². The molecule has 0 unspecified atom stereocenters. The summed E-state index contributed by atoms with van der Waals surface area (Å²) < 4.78 is 0. The summed E-state index contributed by atoms with van der Waals surface area (Å²) in [6.07, 6.45) is 4.99. The molecule has 2 heterocycles. The van der Waals surface area contributed by atoms with Gasteiger partial charge in [-0.05, 0) is 25.5 Å². The fourth-order valence-electron chi connectivity index (χ4n) is 1.57. The fourth-order valence-corrected chi connectivity index (χ4v) is 1.57. The van der Waals surface area contributed by atoms with Crippen molar-refractivity contribution in [2.45, 2.75) is 25.9 Å². The van der Waals surface area contributed by atoms with Gasteiger partial charge in [0.25, 0.3) is 0 Å². The van der Waals surface area contributed by atoms with E-state index in [1.165, 1.54) is 6.33 Å². The molecule has 0 saturated carbocycles. The zero-order chi connectivity index (χ0) is 14.4. The minimum absolute atomic E-state index is 0.611. The molecule has 0 aromatic carbocycles. The standard InChI is InChI=1S/C14H16N6/c1-14(2,9-15)20-13-6-12(18-10-19-13)17-8-11-4-3-5-16-7-11/h3-7,10H,8H2,1-2H3,(H2,17,18,19,20). The summed E-state index contributed by atoms with van der Waals surface area (Å²) in [5.74, 6) is 1.31. The smallest absolute Gasteiger partial charge is 0.132 e. The Kier molecular flexibility index (Phi) is 4.11. The zero-order valence-electron chi connectivity index (χ0n) is 11.5. The monoisotopic (exact) mass is 268 g/mol. The highest BCUT2D eigenvalue weighted by molar-refractivity contribution is 5.49. The molecular formula is C14H16N6. The van der Waals surface area contributed by atoms with Crippen molar-refractivity contribution in [1.82, 2.24) is 15.0 Å². The van der Waals surface area contributed by atoms with Gasteiger partial charge in [0, 0.05) is 25.0 Å². The first-order valence-electron chi connectivity index (χ1n) is 6.23. The molecule has 0 spiro atoms. The summed E-state index contributed by atoms with van der Waals surface area (Å²) in [6.45, 7) is 4.21. The Morgan fingerprint density at radius 3 is 2.80 bits per heavy atom. The molecule has 102 valence electrons. The van der Waals surface area contributed by atoms with Gasteiger partial charge in [-0.2, -0.15) is 5.26 Å². The third kappa shape index (κ3) is 3.92. The number of hydrogen-bond acceptors (Lipinski definition) is 6. The van der Waals surface area contributed by atoms with Gasteiger partial charge < -0.3 is 10.6 Å². The number of aromatic nitrogens is 3. The second-order valence-corrected chi connectivity index (χ2v) is 4.87. The lowest BCUT2D eigenvalue weighted by Crippen LogP contribution is -2.29. The van der Waals surface area contributed by atoms with Crippen LogP contribution in [0.3, 0.4) is 0 Å². The number of hydrogen-bond donors (Lipinski definition) is 2. The third-order valence-corrected chi connectivity index (χ3v) is 2.58. The van der Waals surface area contributed by atoms with Crippen LogP contribution in [0.2, 0.25) is 0 Å². The number of pyridine rings is 1.